The number of rotatable bonds is 1. The highest BCUT2D eigenvalue weighted by atomic mass is 16.5. The van der Waals surface area contributed by atoms with Gasteiger partial charge in [-0.25, -0.2) is 4.79 Å². The van der Waals surface area contributed by atoms with Crippen molar-refractivity contribution in [2.75, 3.05) is 6.61 Å². The summed E-state index contributed by atoms with van der Waals surface area (Å²) in [4.78, 5) is 11.6. The average Bonchev–Trinajstić information content (AvgIpc) is 3.18. The second-order valence-electron chi connectivity index (χ2n) is 10.1. The number of carbonyl (C=O) groups excluding carboxylic acids is 1. The van der Waals surface area contributed by atoms with Crippen LogP contribution in [0.5, 0.6) is 0 Å². The molecule has 0 saturated heterocycles. The number of hydrogen-bond acceptors (Lipinski definition) is 3. The first-order valence-electron chi connectivity index (χ1n) is 10.7. The Balaban J connectivity index is 1.49. The summed E-state index contributed by atoms with van der Waals surface area (Å²) in [6.07, 6.45) is 12.3. The fraction of sp³-hybridized carbons (Fsp3) is 0.783. The van der Waals surface area contributed by atoms with Gasteiger partial charge in [-0.05, 0) is 91.9 Å². The van der Waals surface area contributed by atoms with E-state index in [1.165, 1.54) is 44.1 Å². The van der Waals surface area contributed by atoms with Gasteiger partial charge in [0.2, 0.25) is 0 Å². The van der Waals surface area contributed by atoms with Crippen molar-refractivity contribution in [1.29, 1.82) is 0 Å². The van der Waals surface area contributed by atoms with Crippen molar-refractivity contribution in [1.82, 2.24) is 0 Å². The minimum atomic E-state index is -0.142. The van der Waals surface area contributed by atoms with Crippen molar-refractivity contribution in [3.8, 4) is 0 Å². The van der Waals surface area contributed by atoms with Crippen LogP contribution in [0.2, 0.25) is 0 Å². The molecule has 0 amide bonds. The molecule has 142 valence electrons. The Morgan fingerprint density at radius 3 is 2.65 bits per heavy atom. The second-order valence-corrected chi connectivity index (χ2v) is 10.1. The van der Waals surface area contributed by atoms with Crippen LogP contribution in [-0.4, -0.2) is 23.8 Å². The summed E-state index contributed by atoms with van der Waals surface area (Å²) in [7, 11) is 0. The number of carbonyl (C=O) groups is 1. The molecule has 3 nitrogen and oxygen atoms in total. The Morgan fingerprint density at radius 1 is 1.08 bits per heavy atom. The van der Waals surface area contributed by atoms with Crippen LogP contribution < -0.4 is 0 Å². The van der Waals surface area contributed by atoms with E-state index in [9.17, 15) is 9.90 Å². The molecule has 0 aromatic heterocycles. The molecule has 3 heteroatoms. The lowest BCUT2D eigenvalue weighted by Gasteiger charge is -2.54. The van der Waals surface area contributed by atoms with Crippen molar-refractivity contribution in [2.24, 2.45) is 28.6 Å². The summed E-state index contributed by atoms with van der Waals surface area (Å²) in [6.45, 7) is 5.51. The quantitative estimate of drug-likeness (QED) is 0.554. The van der Waals surface area contributed by atoms with E-state index in [1.54, 1.807) is 17.2 Å². The highest BCUT2D eigenvalue weighted by Crippen LogP contribution is 2.65. The Labute approximate surface area is 156 Å². The van der Waals surface area contributed by atoms with E-state index >= 15 is 0 Å². The van der Waals surface area contributed by atoms with Gasteiger partial charge in [-0.3, -0.25) is 0 Å². The summed E-state index contributed by atoms with van der Waals surface area (Å²) < 4.78 is 5.24. The summed E-state index contributed by atoms with van der Waals surface area (Å²) in [5.41, 5.74) is 5.44. The zero-order valence-electron chi connectivity index (χ0n) is 16.2. The van der Waals surface area contributed by atoms with E-state index in [0.29, 0.717) is 35.2 Å². The third kappa shape index (κ3) is 2.25. The van der Waals surface area contributed by atoms with Crippen LogP contribution in [0, 0.1) is 28.6 Å². The SMILES string of the molecule is C[C@]12CCC3=C(CC[C@@H]4C[C@@H](O)CC[C@]34C)[C@H]1CC[C@@H]2C1=CC(=O)OC1. The lowest BCUT2D eigenvalue weighted by molar-refractivity contribution is -0.135. The second kappa shape index (κ2) is 5.70. The lowest BCUT2D eigenvalue weighted by atomic mass is 9.51. The van der Waals surface area contributed by atoms with Crippen LogP contribution >= 0.6 is 0 Å². The molecule has 4 aliphatic carbocycles. The first-order chi connectivity index (χ1) is 12.4. The maximum absolute atomic E-state index is 11.6. The summed E-state index contributed by atoms with van der Waals surface area (Å²) in [5, 5.41) is 10.2. The largest absolute Gasteiger partial charge is 0.458 e. The van der Waals surface area contributed by atoms with E-state index < -0.39 is 0 Å². The Kier molecular flexibility index (Phi) is 3.74. The Hall–Kier alpha value is -1.09. The van der Waals surface area contributed by atoms with E-state index in [4.69, 9.17) is 4.74 Å². The molecule has 26 heavy (non-hydrogen) atoms. The summed E-state index contributed by atoms with van der Waals surface area (Å²) >= 11 is 0. The number of hydrogen-bond donors (Lipinski definition) is 1. The van der Waals surface area contributed by atoms with Gasteiger partial charge in [-0.1, -0.05) is 25.0 Å². The third-order valence-corrected chi connectivity index (χ3v) is 9.10. The molecular weight excluding hydrogens is 324 g/mol. The molecule has 5 aliphatic rings. The van der Waals surface area contributed by atoms with Crippen LogP contribution in [0.3, 0.4) is 0 Å². The fourth-order valence-electron chi connectivity index (χ4n) is 7.64. The van der Waals surface area contributed by atoms with Gasteiger partial charge in [-0.2, -0.15) is 0 Å². The van der Waals surface area contributed by atoms with E-state index in [1.807, 2.05) is 0 Å². The maximum atomic E-state index is 11.6. The Morgan fingerprint density at radius 2 is 1.88 bits per heavy atom. The van der Waals surface area contributed by atoms with Gasteiger partial charge in [-0.15, -0.1) is 0 Å². The smallest absolute Gasteiger partial charge is 0.331 e. The van der Waals surface area contributed by atoms with E-state index in [0.717, 1.165) is 19.3 Å². The number of aliphatic hydroxyl groups excluding tert-OH is 1. The molecule has 0 spiro atoms. The predicted octanol–water partition coefficient (Wildman–Crippen LogP) is 4.55. The number of aliphatic hydroxyl groups is 1. The fourth-order valence-corrected chi connectivity index (χ4v) is 7.64. The molecule has 0 aromatic carbocycles. The summed E-state index contributed by atoms with van der Waals surface area (Å²) in [6, 6.07) is 0. The standard InChI is InChI=1S/C23H32O3/c1-22-9-7-16(24)12-15(22)3-4-17-19-6-5-18(14-11-21(25)26-13-14)23(19,2)10-8-20(17)22/h11,15-16,18-19,24H,3-10,12-13H2,1-2H3/t15-,16+,18-,19-,22+,23-/m1/s1. The van der Waals surface area contributed by atoms with Gasteiger partial charge in [0.05, 0.1) is 6.10 Å². The summed E-state index contributed by atoms with van der Waals surface area (Å²) in [5.74, 6) is 1.75. The van der Waals surface area contributed by atoms with Gasteiger partial charge >= 0.3 is 5.97 Å². The van der Waals surface area contributed by atoms with Crippen LogP contribution in [0.25, 0.3) is 0 Å². The number of fused-ring (bicyclic) bond motifs is 4. The molecule has 1 aliphatic heterocycles. The lowest BCUT2D eigenvalue weighted by Crippen LogP contribution is -2.45. The highest BCUT2D eigenvalue weighted by molar-refractivity contribution is 5.85. The molecule has 1 N–H and O–H groups in total. The van der Waals surface area contributed by atoms with Gasteiger partial charge in [0.25, 0.3) is 0 Å². The van der Waals surface area contributed by atoms with Crippen molar-refractivity contribution in [3.05, 3.63) is 22.8 Å². The van der Waals surface area contributed by atoms with Gasteiger partial charge < -0.3 is 9.84 Å². The minimum absolute atomic E-state index is 0.0771. The van der Waals surface area contributed by atoms with Gasteiger partial charge in [0.1, 0.15) is 6.61 Å². The van der Waals surface area contributed by atoms with Gasteiger partial charge in [0.15, 0.2) is 0 Å². The molecule has 2 saturated carbocycles. The van der Waals surface area contributed by atoms with Crippen molar-refractivity contribution in [2.45, 2.75) is 77.7 Å². The normalized spacial score (nSPS) is 47.8. The number of ether oxygens (including phenoxy) is 1. The topological polar surface area (TPSA) is 46.5 Å². The van der Waals surface area contributed by atoms with Crippen LogP contribution in [0.1, 0.15) is 71.6 Å². The third-order valence-electron chi connectivity index (χ3n) is 9.10. The zero-order chi connectivity index (χ0) is 18.1. The maximum Gasteiger partial charge on any atom is 0.331 e. The number of cyclic esters (lactones) is 1. The van der Waals surface area contributed by atoms with Crippen molar-refractivity contribution in [3.63, 3.8) is 0 Å². The number of esters is 1. The van der Waals surface area contributed by atoms with Crippen LogP contribution in [0.4, 0.5) is 0 Å². The molecule has 6 atom stereocenters. The zero-order valence-corrected chi connectivity index (χ0v) is 16.2. The van der Waals surface area contributed by atoms with Crippen LogP contribution in [0.15, 0.2) is 22.8 Å². The number of allylic oxidation sites excluding steroid dienone is 2. The predicted molar refractivity (Wildman–Crippen MR) is 100 cm³/mol. The van der Waals surface area contributed by atoms with Gasteiger partial charge in [0, 0.05) is 6.08 Å². The van der Waals surface area contributed by atoms with Crippen LogP contribution in [-0.2, 0) is 9.53 Å². The first kappa shape index (κ1) is 17.0. The van der Waals surface area contributed by atoms with E-state index in [-0.39, 0.29) is 12.1 Å². The molecule has 0 radical (unpaired) electrons. The Bertz CT molecular complexity index is 704. The van der Waals surface area contributed by atoms with Crippen molar-refractivity contribution < 1.29 is 14.6 Å². The molecule has 0 bridgehead atoms. The highest BCUT2D eigenvalue weighted by Gasteiger charge is 2.56. The molecule has 5 rings (SSSR count). The molecular formula is C23H32O3. The molecule has 0 unspecified atom stereocenters. The molecule has 0 aromatic rings. The minimum Gasteiger partial charge on any atom is -0.458 e. The molecule has 1 heterocycles. The average molecular weight is 357 g/mol. The van der Waals surface area contributed by atoms with Crippen molar-refractivity contribution >= 4 is 5.97 Å². The molecule has 2 fully saturated rings. The monoisotopic (exact) mass is 356 g/mol. The first-order valence-corrected chi connectivity index (χ1v) is 10.7. The van der Waals surface area contributed by atoms with E-state index in [2.05, 4.69) is 13.8 Å².